The molecule has 1 heterocycles. The van der Waals surface area contributed by atoms with Gasteiger partial charge in [-0.2, -0.15) is 0 Å². The fraction of sp³-hybridized carbons (Fsp3) is 0.0769. The molecule has 0 aliphatic carbocycles. The molecule has 0 fully saturated rings. The van der Waals surface area contributed by atoms with Crippen LogP contribution in [-0.2, 0) is 6.54 Å². The Morgan fingerprint density at radius 2 is 2.00 bits per heavy atom. The molecule has 0 bridgehead atoms. The minimum Gasteiger partial charge on any atom is -0.478 e. The molecule has 0 aliphatic rings. The van der Waals surface area contributed by atoms with E-state index in [-0.39, 0.29) is 5.56 Å². The number of hydrogen-bond donors (Lipinski definition) is 3. The summed E-state index contributed by atoms with van der Waals surface area (Å²) in [4.78, 5) is 11.9. The van der Waals surface area contributed by atoms with Crippen LogP contribution in [0.15, 0.2) is 41.8 Å². The van der Waals surface area contributed by atoms with Crippen LogP contribution in [0.1, 0.15) is 15.2 Å². The SMILES string of the molecule is O=C(O)c1ccc(NC(=S)NCc2cccs2)cc1. The van der Waals surface area contributed by atoms with Gasteiger partial charge in [0.05, 0.1) is 12.1 Å². The summed E-state index contributed by atoms with van der Waals surface area (Å²) >= 11 is 6.82. The molecule has 0 aliphatic heterocycles. The average Bonchev–Trinajstić information content (AvgIpc) is 2.90. The quantitative estimate of drug-likeness (QED) is 0.756. The Kier molecular flexibility index (Phi) is 4.48. The molecule has 0 unspecified atom stereocenters. The molecule has 1 aromatic carbocycles. The van der Waals surface area contributed by atoms with E-state index >= 15 is 0 Å². The highest BCUT2D eigenvalue weighted by Crippen LogP contribution is 2.10. The lowest BCUT2D eigenvalue weighted by atomic mass is 10.2. The summed E-state index contributed by atoms with van der Waals surface area (Å²) in [5, 5.41) is 17.4. The minimum atomic E-state index is -0.940. The topological polar surface area (TPSA) is 61.4 Å². The molecule has 1 aromatic heterocycles. The van der Waals surface area contributed by atoms with Crippen LogP contribution in [0.25, 0.3) is 0 Å². The zero-order valence-corrected chi connectivity index (χ0v) is 11.6. The van der Waals surface area contributed by atoms with Crippen molar-refractivity contribution in [1.82, 2.24) is 5.32 Å². The Bertz CT molecular complexity index is 565. The monoisotopic (exact) mass is 292 g/mol. The van der Waals surface area contributed by atoms with Gasteiger partial charge in [-0.3, -0.25) is 0 Å². The third-order valence-corrected chi connectivity index (χ3v) is 3.52. The molecule has 2 aromatic rings. The first-order valence-electron chi connectivity index (χ1n) is 5.56. The van der Waals surface area contributed by atoms with Gasteiger partial charge in [-0.15, -0.1) is 11.3 Å². The maximum absolute atomic E-state index is 10.7. The van der Waals surface area contributed by atoms with Crippen LogP contribution in [0.4, 0.5) is 5.69 Å². The number of aromatic carboxylic acids is 1. The zero-order chi connectivity index (χ0) is 13.7. The largest absolute Gasteiger partial charge is 0.478 e. The van der Waals surface area contributed by atoms with Gasteiger partial charge in [-0.25, -0.2) is 4.79 Å². The lowest BCUT2D eigenvalue weighted by Gasteiger charge is -2.09. The fourth-order valence-corrected chi connectivity index (χ4v) is 2.29. The highest BCUT2D eigenvalue weighted by Gasteiger charge is 2.02. The van der Waals surface area contributed by atoms with Crippen LogP contribution in [0.2, 0.25) is 0 Å². The molecule has 0 radical (unpaired) electrons. The van der Waals surface area contributed by atoms with Crippen molar-refractivity contribution in [3.8, 4) is 0 Å². The predicted octanol–water partition coefficient (Wildman–Crippen LogP) is 2.93. The lowest BCUT2D eigenvalue weighted by molar-refractivity contribution is 0.0697. The predicted molar refractivity (Wildman–Crippen MR) is 80.8 cm³/mol. The second-order valence-electron chi connectivity index (χ2n) is 3.77. The Balaban J connectivity index is 1.86. The number of carboxylic acid groups (broad SMARTS) is 1. The molecule has 4 nitrogen and oxygen atoms in total. The summed E-state index contributed by atoms with van der Waals surface area (Å²) in [5.41, 5.74) is 1.01. The van der Waals surface area contributed by atoms with E-state index in [1.54, 1.807) is 23.5 Å². The Morgan fingerprint density at radius 3 is 2.58 bits per heavy atom. The van der Waals surface area contributed by atoms with Crippen LogP contribution in [0.5, 0.6) is 0 Å². The third-order valence-electron chi connectivity index (χ3n) is 2.39. The Morgan fingerprint density at radius 1 is 1.26 bits per heavy atom. The molecular weight excluding hydrogens is 280 g/mol. The smallest absolute Gasteiger partial charge is 0.335 e. The van der Waals surface area contributed by atoms with Crippen molar-refractivity contribution in [2.75, 3.05) is 5.32 Å². The molecule has 19 heavy (non-hydrogen) atoms. The molecule has 6 heteroatoms. The minimum absolute atomic E-state index is 0.253. The third kappa shape index (κ3) is 4.04. The summed E-state index contributed by atoms with van der Waals surface area (Å²) in [5.74, 6) is -0.940. The molecule has 2 rings (SSSR count). The number of nitrogens with one attached hydrogen (secondary N) is 2. The van der Waals surface area contributed by atoms with Crippen LogP contribution in [-0.4, -0.2) is 16.2 Å². The first-order valence-corrected chi connectivity index (χ1v) is 6.84. The van der Waals surface area contributed by atoms with Crippen LogP contribution >= 0.6 is 23.6 Å². The van der Waals surface area contributed by atoms with Gasteiger partial charge in [0.2, 0.25) is 0 Å². The number of thiocarbonyl (C=S) groups is 1. The molecule has 0 amide bonds. The number of thiophene rings is 1. The number of benzene rings is 1. The van der Waals surface area contributed by atoms with Gasteiger partial charge in [0.1, 0.15) is 0 Å². The number of hydrogen-bond acceptors (Lipinski definition) is 3. The fourth-order valence-electron chi connectivity index (χ4n) is 1.45. The molecule has 0 spiro atoms. The van der Waals surface area contributed by atoms with E-state index < -0.39 is 5.97 Å². The Labute approximate surface area is 120 Å². The highest BCUT2D eigenvalue weighted by atomic mass is 32.1. The van der Waals surface area contributed by atoms with E-state index in [0.29, 0.717) is 11.7 Å². The second-order valence-corrected chi connectivity index (χ2v) is 5.21. The summed E-state index contributed by atoms with van der Waals surface area (Å²) < 4.78 is 0. The number of rotatable bonds is 4. The molecule has 0 saturated heterocycles. The standard InChI is InChI=1S/C13H12N2O2S2/c16-12(17)9-3-5-10(6-4-9)15-13(18)14-8-11-2-1-7-19-11/h1-7H,8H2,(H,16,17)(H2,14,15,18). The maximum atomic E-state index is 10.7. The van der Waals surface area contributed by atoms with Gasteiger partial charge >= 0.3 is 5.97 Å². The van der Waals surface area contributed by atoms with Crippen molar-refractivity contribution in [1.29, 1.82) is 0 Å². The van der Waals surface area contributed by atoms with Crippen molar-refractivity contribution in [3.63, 3.8) is 0 Å². The van der Waals surface area contributed by atoms with Crippen molar-refractivity contribution >= 4 is 40.3 Å². The first-order chi connectivity index (χ1) is 9.15. The van der Waals surface area contributed by atoms with E-state index in [4.69, 9.17) is 17.3 Å². The molecule has 98 valence electrons. The number of carbonyl (C=O) groups is 1. The summed E-state index contributed by atoms with van der Waals surface area (Å²) in [6.07, 6.45) is 0. The maximum Gasteiger partial charge on any atom is 0.335 e. The second kappa shape index (κ2) is 6.31. The highest BCUT2D eigenvalue weighted by molar-refractivity contribution is 7.80. The van der Waals surface area contributed by atoms with Crippen LogP contribution < -0.4 is 10.6 Å². The number of anilines is 1. The molecular formula is C13H12N2O2S2. The van der Waals surface area contributed by atoms with Crippen molar-refractivity contribution in [3.05, 3.63) is 52.2 Å². The van der Waals surface area contributed by atoms with Crippen molar-refractivity contribution in [2.45, 2.75) is 6.54 Å². The average molecular weight is 292 g/mol. The van der Waals surface area contributed by atoms with Gasteiger partial charge in [-0.1, -0.05) is 6.07 Å². The van der Waals surface area contributed by atoms with Gasteiger partial charge in [-0.05, 0) is 47.9 Å². The van der Waals surface area contributed by atoms with E-state index in [2.05, 4.69) is 10.6 Å². The van der Waals surface area contributed by atoms with Crippen LogP contribution in [0, 0.1) is 0 Å². The van der Waals surface area contributed by atoms with Crippen molar-refractivity contribution < 1.29 is 9.90 Å². The molecule has 0 atom stereocenters. The van der Waals surface area contributed by atoms with E-state index in [9.17, 15) is 4.79 Å². The molecule has 3 N–H and O–H groups in total. The first kappa shape index (κ1) is 13.5. The van der Waals surface area contributed by atoms with Crippen LogP contribution in [0.3, 0.4) is 0 Å². The van der Waals surface area contributed by atoms with E-state index in [1.165, 1.54) is 17.0 Å². The van der Waals surface area contributed by atoms with Gasteiger partial charge < -0.3 is 15.7 Å². The van der Waals surface area contributed by atoms with Gasteiger partial charge in [0.25, 0.3) is 0 Å². The number of carboxylic acids is 1. The molecule has 0 saturated carbocycles. The normalized spacial score (nSPS) is 9.89. The van der Waals surface area contributed by atoms with Gasteiger partial charge in [0, 0.05) is 10.6 Å². The summed E-state index contributed by atoms with van der Waals surface area (Å²) in [7, 11) is 0. The zero-order valence-electron chi connectivity index (χ0n) is 9.92. The summed E-state index contributed by atoms with van der Waals surface area (Å²) in [6, 6.07) is 10.5. The van der Waals surface area contributed by atoms with Gasteiger partial charge in [0.15, 0.2) is 5.11 Å². The lowest BCUT2D eigenvalue weighted by Crippen LogP contribution is -2.27. The van der Waals surface area contributed by atoms with Crippen molar-refractivity contribution in [2.24, 2.45) is 0 Å². The Hall–Kier alpha value is -1.92. The summed E-state index contributed by atoms with van der Waals surface area (Å²) in [6.45, 7) is 0.677. The van der Waals surface area contributed by atoms with E-state index in [1.807, 2.05) is 17.5 Å². The van der Waals surface area contributed by atoms with E-state index in [0.717, 1.165) is 5.69 Å².